The molecule has 0 bridgehead atoms. The van der Waals surface area contributed by atoms with Crippen LogP contribution in [0.25, 0.3) is 10.2 Å². The third-order valence-electron chi connectivity index (χ3n) is 3.43. The Bertz CT molecular complexity index is 1040. The second-order valence-electron chi connectivity index (χ2n) is 5.09. The molecular weight excluding hydrogens is 472 g/mol. The van der Waals surface area contributed by atoms with E-state index in [2.05, 4.69) is 36.9 Å². The zero-order chi connectivity index (χ0) is 18.0. The zero-order valence-corrected chi connectivity index (χ0v) is 17.0. The fourth-order valence-electron chi connectivity index (χ4n) is 2.25. The normalized spacial score (nSPS) is 11.7. The highest BCUT2D eigenvalue weighted by Crippen LogP contribution is 2.22. The third kappa shape index (κ3) is 4.08. The minimum Gasteiger partial charge on any atom is -0.468 e. The molecule has 0 unspecified atom stereocenters. The summed E-state index contributed by atoms with van der Waals surface area (Å²) in [5.41, 5.74) is 1.29. The first-order chi connectivity index (χ1) is 12.0. The minimum atomic E-state index is -0.404. The highest BCUT2D eigenvalue weighted by atomic mass is 79.9. The van der Waals surface area contributed by atoms with Gasteiger partial charge >= 0.3 is 5.97 Å². The number of hydrogen-bond donors (Lipinski definition) is 0. The number of nitrogens with zero attached hydrogens (tertiary/aromatic N) is 2. The molecule has 0 aliphatic rings. The van der Waals surface area contributed by atoms with Crippen LogP contribution in [0.1, 0.15) is 10.4 Å². The van der Waals surface area contributed by atoms with Crippen LogP contribution in [0.5, 0.6) is 0 Å². The van der Waals surface area contributed by atoms with Gasteiger partial charge in [-0.1, -0.05) is 49.3 Å². The van der Waals surface area contributed by atoms with E-state index in [0.29, 0.717) is 10.4 Å². The van der Waals surface area contributed by atoms with Crippen molar-refractivity contribution in [2.75, 3.05) is 7.11 Å². The van der Waals surface area contributed by atoms with Crippen molar-refractivity contribution >= 4 is 65.3 Å². The Morgan fingerprint density at radius 1 is 1.16 bits per heavy atom. The molecule has 0 spiro atoms. The molecule has 5 nitrogen and oxygen atoms in total. The quantitative estimate of drug-likeness (QED) is 0.526. The molecule has 0 aliphatic heterocycles. The summed E-state index contributed by atoms with van der Waals surface area (Å²) in [4.78, 5) is 28.9. The van der Waals surface area contributed by atoms with Gasteiger partial charge in [0.25, 0.3) is 5.91 Å². The molecule has 0 saturated carbocycles. The van der Waals surface area contributed by atoms with Gasteiger partial charge in [-0.25, -0.2) is 0 Å². The number of fused-ring (bicyclic) bond motifs is 1. The van der Waals surface area contributed by atoms with Crippen LogP contribution in [0.2, 0.25) is 0 Å². The maximum absolute atomic E-state index is 12.5. The van der Waals surface area contributed by atoms with Crippen molar-refractivity contribution in [3.8, 4) is 0 Å². The topological polar surface area (TPSA) is 60.7 Å². The molecule has 25 heavy (non-hydrogen) atoms. The molecule has 3 aromatic rings. The molecule has 1 aromatic heterocycles. The molecule has 1 amide bonds. The molecule has 0 radical (unpaired) electrons. The number of rotatable bonds is 3. The highest BCUT2D eigenvalue weighted by molar-refractivity contribution is 9.10. The van der Waals surface area contributed by atoms with E-state index in [9.17, 15) is 9.59 Å². The summed E-state index contributed by atoms with van der Waals surface area (Å²) in [6, 6.07) is 12.7. The van der Waals surface area contributed by atoms with Crippen LogP contribution >= 0.6 is 43.2 Å². The van der Waals surface area contributed by atoms with Gasteiger partial charge in [-0.15, -0.1) is 0 Å². The molecular formula is C17H12Br2N2O3S. The van der Waals surface area contributed by atoms with Crippen molar-refractivity contribution in [1.82, 2.24) is 4.57 Å². The van der Waals surface area contributed by atoms with Gasteiger partial charge in [0, 0.05) is 14.5 Å². The van der Waals surface area contributed by atoms with Crippen molar-refractivity contribution in [3.63, 3.8) is 0 Å². The number of aromatic nitrogens is 1. The Kier molecular flexibility index (Phi) is 5.51. The van der Waals surface area contributed by atoms with Gasteiger partial charge in [-0.05, 0) is 36.4 Å². The number of amides is 1. The fraction of sp³-hybridized carbons (Fsp3) is 0.118. The van der Waals surface area contributed by atoms with E-state index in [-0.39, 0.29) is 12.5 Å². The molecule has 0 saturated heterocycles. The second kappa shape index (κ2) is 7.63. The predicted octanol–water partition coefficient (Wildman–Crippen LogP) is 4.14. The number of esters is 1. The van der Waals surface area contributed by atoms with Gasteiger partial charge in [0.05, 0.1) is 17.3 Å². The number of benzene rings is 2. The summed E-state index contributed by atoms with van der Waals surface area (Å²) < 4.78 is 9.08. The van der Waals surface area contributed by atoms with Crippen molar-refractivity contribution < 1.29 is 14.3 Å². The number of methoxy groups -OCH3 is 1. The minimum absolute atomic E-state index is 0.0112. The van der Waals surface area contributed by atoms with Crippen molar-refractivity contribution in [3.05, 3.63) is 61.8 Å². The zero-order valence-electron chi connectivity index (χ0n) is 13.0. The summed E-state index contributed by atoms with van der Waals surface area (Å²) >= 11 is 8.12. The van der Waals surface area contributed by atoms with Crippen LogP contribution in [0.4, 0.5) is 0 Å². The Hall–Kier alpha value is -1.77. The summed E-state index contributed by atoms with van der Waals surface area (Å²) in [6.07, 6.45) is 0. The van der Waals surface area contributed by atoms with E-state index >= 15 is 0 Å². The van der Waals surface area contributed by atoms with E-state index in [1.54, 1.807) is 22.8 Å². The van der Waals surface area contributed by atoms with Crippen LogP contribution < -0.4 is 4.80 Å². The Morgan fingerprint density at radius 2 is 1.92 bits per heavy atom. The summed E-state index contributed by atoms with van der Waals surface area (Å²) in [5.74, 6) is -0.774. The SMILES string of the molecule is COC(=O)Cn1c(=NC(=O)c2cccc(Br)c2)sc2cc(Br)ccc21. The molecule has 128 valence electrons. The lowest BCUT2D eigenvalue weighted by Gasteiger charge is -2.03. The van der Waals surface area contributed by atoms with Crippen LogP contribution in [0, 0.1) is 0 Å². The number of thiazole rings is 1. The van der Waals surface area contributed by atoms with Gasteiger partial charge in [-0.2, -0.15) is 4.99 Å². The van der Waals surface area contributed by atoms with E-state index in [0.717, 1.165) is 19.2 Å². The first kappa shape index (κ1) is 18.0. The lowest BCUT2D eigenvalue weighted by atomic mass is 10.2. The first-order valence-electron chi connectivity index (χ1n) is 7.18. The maximum atomic E-state index is 12.5. The Labute approximate surface area is 164 Å². The standard InChI is InChI=1S/C17H12Br2N2O3S/c1-24-15(22)9-21-13-6-5-12(19)8-14(13)25-17(21)20-16(23)10-3-2-4-11(18)7-10/h2-8H,9H2,1H3. The molecule has 0 atom stereocenters. The maximum Gasteiger partial charge on any atom is 0.325 e. The summed E-state index contributed by atoms with van der Waals surface area (Å²) in [6.45, 7) is -0.0112. The molecule has 2 aromatic carbocycles. The monoisotopic (exact) mass is 482 g/mol. The average Bonchev–Trinajstić information content (AvgIpc) is 2.91. The number of carbonyl (C=O) groups is 2. The van der Waals surface area contributed by atoms with Crippen LogP contribution in [-0.2, 0) is 16.1 Å². The Morgan fingerprint density at radius 3 is 2.64 bits per heavy atom. The van der Waals surface area contributed by atoms with Crippen molar-refractivity contribution in [1.29, 1.82) is 0 Å². The van der Waals surface area contributed by atoms with Crippen LogP contribution in [0.3, 0.4) is 0 Å². The van der Waals surface area contributed by atoms with E-state index in [4.69, 9.17) is 4.74 Å². The van der Waals surface area contributed by atoms with Gasteiger partial charge in [0.1, 0.15) is 6.54 Å². The summed E-state index contributed by atoms with van der Waals surface area (Å²) in [7, 11) is 1.33. The van der Waals surface area contributed by atoms with E-state index in [1.165, 1.54) is 18.4 Å². The van der Waals surface area contributed by atoms with Gasteiger partial charge in [-0.3, -0.25) is 9.59 Å². The van der Waals surface area contributed by atoms with Crippen molar-refractivity contribution in [2.24, 2.45) is 4.99 Å². The van der Waals surface area contributed by atoms with Gasteiger partial charge in [0.2, 0.25) is 0 Å². The molecule has 8 heteroatoms. The predicted molar refractivity (Wildman–Crippen MR) is 104 cm³/mol. The second-order valence-corrected chi connectivity index (χ2v) is 7.93. The van der Waals surface area contributed by atoms with E-state index in [1.807, 2.05) is 24.3 Å². The third-order valence-corrected chi connectivity index (χ3v) is 5.46. The lowest BCUT2D eigenvalue weighted by molar-refractivity contribution is -0.141. The molecule has 1 heterocycles. The lowest BCUT2D eigenvalue weighted by Crippen LogP contribution is -2.22. The first-order valence-corrected chi connectivity index (χ1v) is 9.58. The molecule has 0 aliphatic carbocycles. The van der Waals surface area contributed by atoms with Crippen LogP contribution in [0.15, 0.2) is 56.4 Å². The van der Waals surface area contributed by atoms with E-state index < -0.39 is 5.97 Å². The fourth-order valence-corrected chi connectivity index (χ4v) is 4.23. The Balaban J connectivity index is 2.15. The number of hydrogen-bond acceptors (Lipinski definition) is 4. The molecule has 0 N–H and O–H groups in total. The van der Waals surface area contributed by atoms with Gasteiger partial charge in [0.15, 0.2) is 4.80 Å². The number of ether oxygens (including phenoxy) is 1. The van der Waals surface area contributed by atoms with Gasteiger partial charge < -0.3 is 9.30 Å². The average molecular weight is 484 g/mol. The molecule has 3 rings (SSSR count). The smallest absolute Gasteiger partial charge is 0.325 e. The largest absolute Gasteiger partial charge is 0.468 e. The van der Waals surface area contributed by atoms with Crippen LogP contribution in [-0.4, -0.2) is 23.6 Å². The molecule has 0 fully saturated rings. The number of halogens is 2. The van der Waals surface area contributed by atoms with Crippen molar-refractivity contribution in [2.45, 2.75) is 6.54 Å². The number of carbonyl (C=O) groups excluding carboxylic acids is 2. The summed E-state index contributed by atoms with van der Waals surface area (Å²) in [5, 5.41) is 0. The highest BCUT2D eigenvalue weighted by Gasteiger charge is 2.13.